The van der Waals surface area contributed by atoms with E-state index in [9.17, 15) is 8.42 Å². The minimum Gasteiger partial charge on any atom is -0.366 e. The molecule has 0 fully saturated rings. The van der Waals surface area contributed by atoms with Gasteiger partial charge in [-0.05, 0) is 29.3 Å². The van der Waals surface area contributed by atoms with Gasteiger partial charge in [-0.1, -0.05) is 24.3 Å². The molecule has 0 bridgehead atoms. The molecule has 8 nitrogen and oxygen atoms in total. The lowest BCUT2D eigenvalue weighted by Crippen LogP contribution is -2.25. The number of hydrogen-bond donors (Lipinski definition) is 1. The number of nitrogen functional groups attached to an aromatic ring is 1. The maximum atomic E-state index is 13.1. The molecule has 4 heterocycles. The molecule has 5 rings (SSSR count). The highest BCUT2D eigenvalue weighted by Gasteiger charge is 2.30. The van der Waals surface area contributed by atoms with Crippen molar-refractivity contribution in [1.29, 1.82) is 0 Å². The first-order valence-corrected chi connectivity index (χ1v) is 10.1. The van der Waals surface area contributed by atoms with Crippen LogP contribution in [0.5, 0.6) is 0 Å². The normalized spacial score (nSPS) is 14.4. The van der Waals surface area contributed by atoms with Gasteiger partial charge in [-0.2, -0.15) is 9.29 Å². The van der Waals surface area contributed by atoms with Crippen LogP contribution in [0.4, 0.5) is 5.95 Å². The zero-order valence-corrected chi connectivity index (χ0v) is 15.5. The molecular weight excluding hydrogens is 376 g/mol. The third-order valence-corrected chi connectivity index (χ3v) is 6.60. The number of aromatic nitrogens is 4. The van der Waals surface area contributed by atoms with E-state index in [0.717, 1.165) is 16.7 Å². The Bertz CT molecular complexity index is 1290. The Labute approximate surface area is 161 Å². The van der Waals surface area contributed by atoms with Gasteiger partial charge in [-0.25, -0.2) is 12.9 Å². The molecule has 28 heavy (non-hydrogen) atoms. The van der Waals surface area contributed by atoms with Gasteiger partial charge >= 0.3 is 0 Å². The average Bonchev–Trinajstić information content (AvgIpc) is 3.30. The number of sulfonamides is 1. The molecule has 4 aromatic rings. The molecule has 3 aromatic heterocycles. The van der Waals surface area contributed by atoms with Gasteiger partial charge in [0.05, 0.1) is 0 Å². The molecule has 2 N–H and O–H groups in total. The molecule has 1 aliphatic rings. The van der Waals surface area contributed by atoms with Crippen LogP contribution >= 0.6 is 0 Å². The number of rotatable bonds is 3. The zero-order chi connectivity index (χ0) is 19.3. The fourth-order valence-electron chi connectivity index (χ4n) is 3.41. The number of nitrogens with two attached hydrogens (primary N) is 1. The molecule has 0 unspecified atom stereocenters. The number of hydrogen-bond acceptors (Lipinski definition) is 6. The molecule has 1 aromatic carbocycles. The van der Waals surface area contributed by atoms with Gasteiger partial charge in [0, 0.05) is 42.8 Å². The van der Waals surface area contributed by atoms with Gasteiger partial charge in [0.1, 0.15) is 4.90 Å². The molecule has 0 aliphatic carbocycles. The van der Waals surface area contributed by atoms with Gasteiger partial charge in [-0.15, -0.1) is 5.10 Å². The van der Waals surface area contributed by atoms with Crippen LogP contribution in [0.3, 0.4) is 0 Å². The third kappa shape index (κ3) is 2.72. The molecular formula is C19H16N6O2S. The van der Waals surface area contributed by atoms with E-state index in [1.807, 2.05) is 30.3 Å². The molecule has 140 valence electrons. The minimum absolute atomic E-state index is 0.163. The van der Waals surface area contributed by atoms with E-state index in [2.05, 4.69) is 15.1 Å². The van der Waals surface area contributed by atoms with E-state index in [1.54, 1.807) is 29.0 Å². The van der Waals surface area contributed by atoms with Crippen molar-refractivity contribution < 1.29 is 8.42 Å². The molecule has 0 atom stereocenters. The Hall–Kier alpha value is -3.30. The topological polar surface area (TPSA) is 106 Å². The Kier molecular flexibility index (Phi) is 3.68. The van der Waals surface area contributed by atoms with Crippen LogP contribution in [0.25, 0.3) is 16.8 Å². The Morgan fingerprint density at radius 3 is 2.46 bits per heavy atom. The van der Waals surface area contributed by atoms with Crippen LogP contribution in [0.1, 0.15) is 11.1 Å². The first-order valence-electron chi connectivity index (χ1n) is 8.65. The Balaban J connectivity index is 1.51. The highest BCUT2D eigenvalue weighted by atomic mass is 32.2. The van der Waals surface area contributed by atoms with Crippen LogP contribution in [0.2, 0.25) is 0 Å². The highest BCUT2D eigenvalue weighted by molar-refractivity contribution is 7.89. The highest BCUT2D eigenvalue weighted by Crippen LogP contribution is 2.30. The largest absolute Gasteiger partial charge is 0.366 e. The zero-order valence-electron chi connectivity index (χ0n) is 14.7. The lowest BCUT2D eigenvalue weighted by atomic mass is 10.1. The number of fused-ring (bicyclic) bond motifs is 2. The Morgan fingerprint density at radius 2 is 1.71 bits per heavy atom. The minimum atomic E-state index is -3.66. The monoisotopic (exact) mass is 392 g/mol. The molecule has 0 amide bonds. The van der Waals surface area contributed by atoms with Gasteiger partial charge in [0.25, 0.3) is 0 Å². The quantitative estimate of drug-likeness (QED) is 0.572. The van der Waals surface area contributed by atoms with Gasteiger partial charge in [-0.3, -0.25) is 4.98 Å². The van der Waals surface area contributed by atoms with Crippen molar-refractivity contribution in [2.24, 2.45) is 0 Å². The molecule has 1 aliphatic heterocycles. The van der Waals surface area contributed by atoms with E-state index < -0.39 is 10.0 Å². The summed E-state index contributed by atoms with van der Waals surface area (Å²) in [6.45, 7) is 0.736. The fraction of sp³-hybridized carbons (Fsp3) is 0.105. The lowest BCUT2D eigenvalue weighted by molar-refractivity contribution is 0.431. The van der Waals surface area contributed by atoms with E-state index in [4.69, 9.17) is 5.73 Å². The van der Waals surface area contributed by atoms with Crippen molar-refractivity contribution in [3.05, 3.63) is 72.2 Å². The molecule has 0 spiro atoms. The van der Waals surface area contributed by atoms with Crippen LogP contribution in [-0.2, 0) is 23.1 Å². The fourth-order valence-corrected chi connectivity index (χ4v) is 4.80. The summed E-state index contributed by atoms with van der Waals surface area (Å²) in [7, 11) is -3.66. The number of pyridine rings is 2. The van der Waals surface area contributed by atoms with E-state index in [0.29, 0.717) is 24.3 Å². The van der Waals surface area contributed by atoms with Gasteiger partial charge in [0.15, 0.2) is 5.65 Å². The predicted molar refractivity (Wildman–Crippen MR) is 104 cm³/mol. The molecule has 0 saturated carbocycles. The van der Waals surface area contributed by atoms with Crippen molar-refractivity contribution in [3.63, 3.8) is 0 Å². The number of nitrogens with zero attached hydrogens (tertiary/aromatic N) is 5. The summed E-state index contributed by atoms with van der Waals surface area (Å²) in [6.07, 6.45) is 4.75. The predicted octanol–water partition coefficient (Wildman–Crippen LogP) is 2.08. The summed E-state index contributed by atoms with van der Waals surface area (Å²) in [5.74, 6) is 0.181. The van der Waals surface area contributed by atoms with Crippen molar-refractivity contribution in [2.75, 3.05) is 5.73 Å². The van der Waals surface area contributed by atoms with Crippen LogP contribution in [-0.4, -0.2) is 32.3 Å². The standard InChI is InChI=1S/C19H16N6O2S/c20-19-22-18-6-5-15(12-25(18)23-19)16-7-17(9-21-8-16)28(26,27)24-10-13-3-1-2-4-14(13)11-24/h1-9,12H,10-11H2,(H2,20,23). The molecule has 9 heteroatoms. The van der Waals surface area contributed by atoms with Crippen molar-refractivity contribution in [3.8, 4) is 11.1 Å². The molecule has 0 saturated heterocycles. The smallest absolute Gasteiger partial charge is 0.245 e. The summed E-state index contributed by atoms with van der Waals surface area (Å²) >= 11 is 0. The van der Waals surface area contributed by atoms with Crippen molar-refractivity contribution >= 4 is 21.6 Å². The van der Waals surface area contributed by atoms with Crippen molar-refractivity contribution in [2.45, 2.75) is 18.0 Å². The van der Waals surface area contributed by atoms with E-state index in [-0.39, 0.29) is 10.8 Å². The second kappa shape index (κ2) is 6.11. The second-order valence-corrected chi connectivity index (χ2v) is 8.58. The van der Waals surface area contributed by atoms with Crippen LogP contribution in [0, 0.1) is 0 Å². The second-order valence-electron chi connectivity index (χ2n) is 6.64. The van der Waals surface area contributed by atoms with Gasteiger partial charge < -0.3 is 5.73 Å². The summed E-state index contributed by atoms with van der Waals surface area (Å²) < 4.78 is 29.3. The lowest BCUT2D eigenvalue weighted by Gasteiger charge is -2.16. The Morgan fingerprint density at radius 1 is 0.964 bits per heavy atom. The SMILES string of the molecule is Nc1nc2ccc(-c3cncc(S(=O)(=O)N4Cc5ccccc5C4)c3)cn2n1. The van der Waals surface area contributed by atoms with Crippen molar-refractivity contribution in [1.82, 2.24) is 23.9 Å². The summed E-state index contributed by atoms with van der Waals surface area (Å²) in [4.78, 5) is 8.41. The summed E-state index contributed by atoms with van der Waals surface area (Å²) in [6, 6.07) is 13.0. The maximum absolute atomic E-state index is 13.1. The van der Waals surface area contributed by atoms with E-state index >= 15 is 0 Å². The molecule has 0 radical (unpaired) electrons. The first-order chi connectivity index (χ1) is 13.5. The third-order valence-electron chi connectivity index (χ3n) is 4.84. The van der Waals surface area contributed by atoms with E-state index in [1.165, 1.54) is 10.5 Å². The average molecular weight is 392 g/mol. The van der Waals surface area contributed by atoms with Crippen LogP contribution < -0.4 is 5.73 Å². The van der Waals surface area contributed by atoms with Crippen LogP contribution in [0.15, 0.2) is 66.0 Å². The summed E-state index contributed by atoms with van der Waals surface area (Å²) in [5, 5.41) is 4.09. The maximum Gasteiger partial charge on any atom is 0.245 e. The first kappa shape index (κ1) is 16.8. The number of anilines is 1. The van der Waals surface area contributed by atoms with Gasteiger partial charge in [0.2, 0.25) is 16.0 Å². The summed E-state index contributed by atoms with van der Waals surface area (Å²) in [5.41, 5.74) is 9.75. The number of benzene rings is 1.